The second-order valence-corrected chi connectivity index (χ2v) is 7.84. The average Bonchev–Trinajstić information content (AvgIpc) is 2.65. The number of hydrogen-bond acceptors (Lipinski definition) is 8. The molecule has 0 spiro atoms. The van der Waals surface area contributed by atoms with E-state index in [1.807, 2.05) is 0 Å². The number of hydrogen-bond donors (Lipinski definition) is 0. The van der Waals surface area contributed by atoms with Gasteiger partial charge in [0.1, 0.15) is 11.2 Å². The molecule has 10 heteroatoms. The third kappa shape index (κ3) is 5.55. The average molecular weight is 408 g/mol. The first kappa shape index (κ1) is 22.4. The summed E-state index contributed by atoms with van der Waals surface area (Å²) in [6.07, 6.45) is 2.35. The standard InChI is InChI=1S/C19H28N4O6/c1-6-28-17(24)14-9-10-20-16(15(14)23(26)27)22-11-7-8-13(12-22)21(5)18(25)29-19(2,3)4/h9-10,13H,6-8,11-12H2,1-5H3. The predicted octanol–water partition coefficient (Wildman–Crippen LogP) is 3.00. The summed E-state index contributed by atoms with van der Waals surface area (Å²) in [5.74, 6) is -0.662. The maximum absolute atomic E-state index is 12.4. The van der Waals surface area contributed by atoms with Crippen LogP contribution >= 0.6 is 0 Å². The number of aromatic nitrogens is 1. The fourth-order valence-electron chi connectivity index (χ4n) is 3.17. The molecule has 0 aliphatic carbocycles. The number of anilines is 1. The predicted molar refractivity (Wildman–Crippen MR) is 106 cm³/mol. The lowest BCUT2D eigenvalue weighted by Crippen LogP contribution is -2.50. The Morgan fingerprint density at radius 2 is 2.10 bits per heavy atom. The minimum Gasteiger partial charge on any atom is -0.462 e. The quantitative estimate of drug-likeness (QED) is 0.415. The van der Waals surface area contributed by atoms with E-state index >= 15 is 0 Å². The largest absolute Gasteiger partial charge is 0.462 e. The van der Waals surface area contributed by atoms with E-state index in [4.69, 9.17) is 9.47 Å². The smallest absolute Gasteiger partial charge is 0.410 e. The van der Waals surface area contributed by atoms with Gasteiger partial charge >= 0.3 is 17.7 Å². The van der Waals surface area contributed by atoms with Crippen LogP contribution < -0.4 is 4.90 Å². The third-order valence-electron chi connectivity index (χ3n) is 4.51. The Morgan fingerprint density at radius 3 is 2.69 bits per heavy atom. The Morgan fingerprint density at radius 1 is 1.41 bits per heavy atom. The highest BCUT2D eigenvalue weighted by Crippen LogP contribution is 2.32. The van der Waals surface area contributed by atoms with Crippen molar-refractivity contribution < 1.29 is 24.0 Å². The normalized spacial score (nSPS) is 16.9. The Kier molecular flexibility index (Phi) is 6.99. The van der Waals surface area contributed by atoms with Crippen molar-refractivity contribution in [1.29, 1.82) is 0 Å². The zero-order chi connectivity index (χ0) is 21.8. The summed E-state index contributed by atoms with van der Waals surface area (Å²) in [5, 5.41) is 11.7. The van der Waals surface area contributed by atoms with Crippen LogP contribution in [-0.2, 0) is 9.47 Å². The summed E-state index contributed by atoms with van der Waals surface area (Å²) < 4.78 is 10.4. The SMILES string of the molecule is CCOC(=O)c1ccnc(N2CCCC(N(C)C(=O)OC(C)(C)C)C2)c1[N+](=O)[O-]. The lowest BCUT2D eigenvalue weighted by Gasteiger charge is -2.38. The zero-order valence-electron chi connectivity index (χ0n) is 17.5. The van der Waals surface area contributed by atoms with E-state index in [1.165, 1.54) is 17.2 Å². The number of amides is 1. The van der Waals surface area contributed by atoms with Crippen molar-refractivity contribution in [2.24, 2.45) is 0 Å². The van der Waals surface area contributed by atoms with E-state index in [2.05, 4.69) is 4.98 Å². The van der Waals surface area contributed by atoms with Gasteiger partial charge in [0.05, 0.1) is 17.6 Å². The molecule has 1 fully saturated rings. The lowest BCUT2D eigenvalue weighted by molar-refractivity contribution is -0.384. The Balaban J connectivity index is 2.28. The summed E-state index contributed by atoms with van der Waals surface area (Å²) in [5.41, 5.74) is -1.13. The van der Waals surface area contributed by atoms with Gasteiger partial charge in [0.25, 0.3) is 0 Å². The van der Waals surface area contributed by atoms with Gasteiger partial charge in [-0.05, 0) is 46.6 Å². The maximum atomic E-state index is 12.4. The van der Waals surface area contributed by atoms with Gasteiger partial charge in [-0.1, -0.05) is 0 Å². The summed E-state index contributed by atoms with van der Waals surface area (Å²) in [4.78, 5) is 43.1. The highest BCUT2D eigenvalue weighted by atomic mass is 16.6. The number of likely N-dealkylation sites (N-methyl/N-ethyl adjacent to an activating group) is 1. The number of nitro groups is 1. The first-order chi connectivity index (χ1) is 13.5. The maximum Gasteiger partial charge on any atom is 0.410 e. The van der Waals surface area contributed by atoms with E-state index in [0.717, 1.165) is 6.42 Å². The molecule has 2 heterocycles. The van der Waals surface area contributed by atoms with E-state index < -0.39 is 22.6 Å². The number of piperidine rings is 1. The van der Waals surface area contributed by atoms with Gasteiger partial charge in [-0.25, -0.2) is 14.6 Å². The van der Waals surface area contributed by atoms with Crippen LogP contribution in [0.5, 0.6) is 0 Å². The summed E-state index contributed by atoms with van der Waals surface area (Å²) in [6, 6.07) is 1.08. The molecule has 2 rings (SSSR count). The van der Waals surface area contributed by atoms with Gasteiger partial charge in [-0.3, -0.25) is 10.1 Å². The van der Waals surface area contributed by atoms with Crippen LogP contribution in [0.1, 0.15) is 50.9 Å². The van der Waals surface area contributed by atoms with Crippen molar-refractivity contribution >= 4 is 23.6 Å². The lowest BCUT2D eigenvalue weighted by atomic mass is 10.0. The van der Waals surface area contributed by atoms with Gasteiger partial charge in [0.2, 0.25) is 5.82 Å². The zero-order valence-corrected chi connectivity index (χ0v) is 17.5. The van der Waals surface area contributed by atoms with Crippen LogP contribution in [0.3, 0.4) is 0 Å². The van der Waals surface area contributed by atoms with Crippen LogP contribution in [0.25, 0.3) is 0 Å². The van der Waals surface area contributed by atoms with Gasteiger partial charge < -0.3 is 19.3 Å². The van der Waals surface area contributed by atoms with Crippen LogP contribution in [0.2, 0.25) is 0 Å². The summed E-state index contributed by atoms with van der Waals surface area (Å²) in [7, 11) is 1.65. The number of rotatable bonds is 5. The summed E-state index contributed by atoms with van der Waals surface area (Å²) >= 11 is 0. The van der Waals surface area contributed by atoms with Crippen molar-refractivity contribution in [1.82, 2.24) is 9.88 Å². The Bertz CT molecular complexity index is 776. The highest BCUT2D eigenvalue weighted by Gasteiger charge is 2.34. The van der Waals surface area contributed by atoms with E-state index in [0.29, 0.717) is 19.5 Å². The molecule has 160 valence electrons. The van der Waals surface area contributed by atoms with Gasteiger partial charge in [0, 0.05) is 26.3 Å². The van der Waals surface area contributed by atoms with Crippen LogP contribution in [0, 0.1) is 10.1 Å². The summed E-state index contributed by atoms with van der Waals surface area (Å²) in [6.45, 7) is 7.99. The van der Waals surface area contributed by atoms with Crippen LogP contribution in [0.4, 0.5) is 16.3 Å². The Labute approximate surface area is 169 Å². The van der Waals surface area contributed by atoms with Crippen molar-refractivity contribution in [2.45, 2.75) is 52.2 Å². The first-order valence-electron chi connectivity index (χ1n) is 9.56. The monoisotopic (exact) mass is 408 g/mol. The molecule has 0 radical (unpaired) electrons. The first-order valence-corrected chi connectivity index (χ1v) is 9.56. The third-order valence-corrected chi connectivity index (χ3v) is 4.51. The van der Waals surface area contributed by atoms with Crippen molar-refractivity contribution in [2.75, 3.05) is 31.6 Å². The number of carbonyl (C=O) groups is 2. The number of esters is 1. The molecule has 1 atom stereocenters. The molecule has 1 aromatic heterocycles. The molecule has 1 amide bonds. The van der Waals surface area contributed by atoms with Crippen molar-refractivity contribution in [3.63, 3.8) is 0 Å². The second kappa shape index (κ2) is 9.06. The fourth-order valence-corrected chi connectivity index (χ4v) is 3.17. The topological polar surface area (TPSA) is 115 Å². The number of nitrogens with zero attached hydrogens (tertiary/aromatic N) is 4. The molecule has 0 aromatic carbocycles. The van der Waals surface area contributed by atoms with E-state index in [1.54, 1.807) is 39.6 Å². The van der Waals surface area contributed by atoms with Crippen LogP contribution in [-0.4, -0.2) is 65.3 Å². The molecule has 0 bridgehead atoms. The minimum atomic E-state index is -0.762. The number of pyridine rings is 1. The molecular weight excluding hydrogens is 380 g/mol. The van der Waals surface area contributed by atoms with Crippen molar-refractivity contribution in [3.05, 3.63) is 27.9 Å². The number of carbonyl (C=O) groups excluding carboxylic acids is 2. The molecular formula is C19H28N4O6. The van der Waals surface area contributed by atoms with E-state index in [9.17, 15) is 19.7 Å². The van der Waals surface area contributed by atoms with Gasteiger partial charge in [0.15, 0.2) is 0 Å². The minimum absolute atomic E-state index is 0.0999. The molecule has 1 aliphatic heterocycles. The molecule has 0 saturated carbocycles. The fraction of sp³-hybridized carbons (Fsp3) is 0.632. The molecule has 1 aliphatic rings. The molecule has 1 unspecified atom stereocenters. The Hall–Kier alpha value is -2.91. The number of ether oxygens (including phenoxy) is 2. The molecule has 1 aromatic rings. The molecule has 29 heavy (non-hydrogen) atoms. The van der Waals surface area contributed by atoms with Crippen LogP contribution in [0.15, 0.2) is 12.3 Å². The molecule has 1 saturated heterocycles. The van der Waals surface area contributed by atoms with Gasteiger partial charge in [-0.2, -0.15) is 0 Å². The highest BCUT2D eigenvalue weighted by molar-refractivity contribution is 5.96. The molecule has 0 N–H and O–H groups in total. The molecule has 10 nitrogen and oxygen atoms in total. The second-order valence-electron chi connectivity index (χ2n) is 7.84. The van der Waals surface area contributed by atoms with Crippen molar-refractivity contribution in [3.8, 4) is 0 Å². The van der Waals surface area contributed by atoms with E-state index in [-0.39, 0.29) is 29.7 Å². The van der Waals surface area contributed by atoms with Gasteiger partial charge in [-0.15, -0.1) is 0 Å².